The first-order valence-electron chi connectivity index (χ1n) is 7.41. The molecular formula is C15H14F3N3O4. The summed E-state index contributed by atoms with van der Waals surface area (Å²) in [6.07, 6.45) is -5.21. The number of amides is 1. The van der Waals surface area contributed by atoms with E-state index in [0.29, 0.717) is 37.4 Å². The van der Waals surface area contributed by atoms with Gasteiger partial charge in [0, 0.05) is 18.7 Å². The third-order valence-corrected chi connectivity index (χ3v) is 3.58. The predicted molar refractivity (Wildman–Crippen MR) is 77.9 cm³/mol. The molecule has 134 valence electrons. The van der Waals surface area contributed by atoms with Crippen molar-refractivity contribution in [1.29, 1.82) is 0 Å². The number of aryl methyl sites for hydroxylation is 1. The highest BCUT2D eigenvalue weighted by atomic mass is 19.4. The Morgan fingerprint density at radius 2 is 2.00 bits per heavy atom. The molecule has 7 nitrogen and oxygen atoms in total. The zero-order valence-electron chi connectivity index (χ0n) is 13.2. The van der Waals surface area contributed by atoms with Crippen molar-refractivity contribution in [1.82, 2.24) is 15.0 Å². The molecular weight excluding hydrogens is 343 g/mol. The molecule has 10 heteroatoms. The molecule has 1 amide bonds. The van der Waals surface area contributed by atoms with E-state index in [2.05, 4.69) is 14.7 Å². The van der Waals surface area contributed by atoms with E-state index in [1.54, 1.807) is 6.92 Å². The fourth-order valence-electron chi connectivity index (χ4n) is 2.31. The monoisotopic (exact) mass is 357 g/mol. The lowest BCUT2D eigenvalue weighted by atomic mass is 10.1. The summed E-state index contributed by atoms with van der Waals surface area (Å²) in [5.41, 5.74) is 0.896. The smallest absolute Gasteiger partial charge is 0.410 e. The summed E-state index contributed by atoms with van der Waals surface area (Å²) >= 11 is 0. The Kier molecular flexibility index (Phi) is 4.62. The standard InChI is InChI=1S/C15H14F3N3O4/c1-9-8-10(24-14(22)21-4-6-23-7-5-21)2-3-11(9)12-19-13(25-20-12)15(16,17)18/h2-3,8H,4-7H2,1H3. The summed E-state index contributed by atoms with van der Waals surface area (Å²) in [4.78, 5) is 16.9. The van der Waals surface area contributed by atoms with Gasteiger partial charge in [0.2, 0.25) is 5.82 Å². The maximum atomic E-state index is 12.5. The lowest BCUT2D eigenvalue weighted by Gasteiger charge is -2.25. The van der Waals surface area contributed by atoms with Crippen molar-refractivity contribution in [3.63, 3.8) is 0 Å². The van der Waals surface area contributed by atoms with Crippen LogP contribution in [0.3, 0.4) is 0 Å². The first-order valence-corrected chi connectivity index (χ1v) is 7.41. The topological polar surface area (TPSA) is 77.7 Å². The number of alkyl halides is 3. The second kappa shape index (κ2) is 6.71. The number of nitrogens with zero attached hydrogens (tertiary/aromatic N) is 3. The number of carbonyl (C=O) groups is 1. The lowest BCUT2D eigenvalue weighted by molar-refractivity contribution is -0.159. The summed E-state index contributed by atoms with van der Waals surface area (Å²) < 4.78 is 52.3. The van der Waals surface area contributed by atoms with E-state index in [1.807, 2.05) is 0 Å². The molecule has 0 radical (unpaired) electrons. The molecule has 0 atom stereocenters. The molecule has 25 heavy (non-hydrogen) atoms. The minimum Gasteiger partial charge on any atom is -0.410 e. The van der Waals surface area contributed by atoms with Crippen molar-refractivity contribution >= 4 is 6.09 Å². The van der Waals surface area contributed by atoms with Crippen molar-refractivity contribution in [2.75, 3.05) is 26.3 Å². The highest BCUT2D eigenvalue weighted by Crippen LogP contribution is 2.31. The van der Waals surface area contributed by atoms with Crippen LogP contribution in [0.1, 0.15) is 11.5 Å². The quantitative estimate of drug-likeness (QED) is 0.822. The number of carbonyl (C=O) groups excluding carboxylic acids is 1. The molecule has 1 aliphatic heterocycles. The summed E-state index contributed by atoms with van der Waals surface area (Å²) in [5.74, 6) is -1.32. The van der Waals surface area contributed by atoms with Gasteiger partial charge in [0.1, 0.15) is 5.75 Å². The molecule has 0 unspecified atom stereocenters. The van der Waals surface area contributed by atoms with Gasteiger partial charge in [0.25, 0.3) is 0 Å². The van der Waals surface area contributed by atoms with Gasteiger partial charge in [-0.25, -0.2) is 4.79 Å². The van der Waals surface area contributed by atoms with Crippen molar-refractivity contribution in [3.8, 4) is 17.1 Å². The van der Waals surface area contributed by atoms with E-state index >= 15 is 0 Å². The van der Waals surface area contributed by atoms with Crippen molar-refractivity contribution in [2.45, 2.75) is 13.1 Å². The Balaban J connectivity index is 1.74. The Bertz CT molecular complexity index is 770. The van der Waals surface area contributed by atoms with Crippen LogP contribution in [0.5, 0.6) is 5.75 Å². The Hall–Kier alpha value is -2.62. The average molecular weight is 357 g/mol. The molecule has 0 aliphatic carbocycles. The van der Waals surface area contributed by atoms with Crippen molar-refractivity contribution in [2.24, 2.45) is 0 Å². The molecule has 0 bridgehead atoms. The van der Waals surface area contributed by atoms with Gasteiger partial charge in [-0.05, 0) is 30.7 Å². The molecule has 0 N–H and O–H groups in total. The summed E-state index contributed by atoms with van der Waals surface area (Å²) in [6.45, 7) is 3.43. The van der Waals surface area contributed by atoms with E-state index < -0.39 is 18.2 Å². The summed E-state index contributed by atoms with van der Waals surface area (Å²) in [6, 6.07) is 4.46. The fraction of sp³-hybridized carbons (Fsp3) is 0.400. The van der Waals surface area contributed by atoms with E-state index in [1.165, 1.54) is 23.1 Å². The molecule has 1 aromatic heterocycles. The van der Waals surface area contributed by atoms with Crippen LogP contribution in [0.15, 0.2) is 22.7 Å². The van der Waals surface area contributed by atoms with Crippen LogP contribution in [0.25, 0.3) is 11.4 Å². The normalized spacial score (nSPS) is 15.3. The highest BCUT2D eigenvalue weighted by Gasteiger charge is 2.38. The molecule has 0 saturated carbocycles. The second-order valence-electron chi connectivity index (χ2n) is 5.37. The van der Waals surface area contributed by atoms with Crippen molar-refractivity contribution in [3.05, 3.63) is 29.7 Å². The SMILES string of the molecule is Cc1cc(OC(=O)N2CCOCC2)ccc1-c1noc(C(F)(F)F)n1. The van der Waals surface area contributed by atoms with Crippen LogP contribution in [-0.4, -0.2) is 47.4 Å². The van der Waals surface area contributed by atoms with Gasteiger partial charge in [-0.15, -0.1) is 0 Å². The molecule has 1 aliphatic rings. The average Bonchev–Trinajstić information content (AvgIpc) is 3.06. The molecule has 2 aromatic rings. The number of hydrogen-bond acceptors (Lipinski definition) is 6. The van der Waals surface area contributed by atoms with Gasteiger partial charge in [0.15, 0.2) is 0 Å². The van der Waals surface area contributed by atoms with Crippen LogP contribution in [0.4, 0.5) is 18.0 Å². The minimum atomic E-state index is -4.70. The lowest BCUT2D eigenvalue weighted by Crippen LogP contribution is -2.42. The number of aromatic nitrogens is 2. The van der Waals surface area contributed by atoms with Gasteiger partial charge in [-0.3, -0.25) is 0 Å². The molecule has 3 rings (SSSR count). The van der Waals surface area contributed by atoms with Gasteiger partial charge >= 0.3 is 18.2 Å². The second-order valence-corrected chi connectivity index (χ2v) is 5.37. The number of rotatable bonds is 2. The molecule has 1 fully saturated rings. The maximum Gasteiger partial charge on any atom is 0.471 e. The zero-order valence-corrected chi connectivity index (χ0v) is 13.2. The number of ether oxygens (including phenoxy) is 2. The molecule has 0 spiro atoms. The summed E-state index contributed by atoms with van der Waals surface area (Å²) in [5, 5.41) is 3.34. The molecule has 1 saturated heterocycles. The van der Waals surface area contributed by atoms with E-state index in [4.69, 9.17) is 9.47 Å². The third-order valence-electron chi connectivity index (χ3n) is 3.58. The Morgan fingerprint density at radius 1 is 1.28 bits per heavy atom. The van der Waals surface area contributed by atoms with Crippen LogP contribution in [0.2, 0.25) is 0 Å². The number of halogens is 3. The highest BCUT2D eigenvalue weighted by molar-refractivity contribution is 5.71. The number of hydrogen-bond donors (Lipinski definition) is 0. The molecule has 1 aromatic carbocycles. The van der Waals surface area contributed by atoms with Gasteiger partial charge in [-0.2, -0.15) is 18.2 Å². The first kappa shape index (κ1) is 17.2. The zero-order chi connectivity index (χ0) is 18.0. The summed E-state index contributed by atoms with van der Waals surface area (Å²) in [7, 11) is 0. The number of benzene rings is 1. The largest absolute Gasteiger partial charge is 0.471 e. The van der Waals surface area contributed by atoms with Gasteiger partial charge in [0.05, 0.1) is 13.2 Å². The third kappa shape index (κ3) is 3.90. The van der Waals surface area contributed by atoms with Crippen LogP contribution < -0.4 is 4.74 Å². The van der Waals surface area contributed by atoms with Crippen LogP contribution in [-0.2, 0) is 10.9 Å². The maximum absolute atomic E-state index is 12.5. The van der Waals surface area contributed by atoms with E-state index in [-0.39, 0.29) is 11.6 Å². The Labute approximate surface area is 140 Å². The first-order chi connectivity index (χ1) is 11.8. The van der Waals surface area contributed by atoms with Gasteiger partial charge < -0.3 is 18.9 Å². The van der Waals surface area contributed by atoms with E-state index in [9.17, 15) is 18.0 Å². The predicted octanol–water partition coefficient (Wildman–Crippen LogP) is 2.89. The fourth-order valence-corrected chi connectivity index (χ4v) is 2.31. The van der Waals surface area contributed by atoms with Gasteiger partial charge in [-0.1, -0.05) is 5.16 Å². The Morgan fingerprint density at radius 3 is 2.60 bits per heavy atom. The molecule has 2 heterocycles. The van der Waals surface area contributed by atoms with Crippen molar-refractivity contribution < 1.29 is 32.0 Å². The van der Waals surface area contributed by atoms with Crippen LogP contribution >= 0.6 is 0 Å². The number of morpholine rings is 1. The minimum absolute atomic E-state index is 0.184. The van der Waals surface area contributed by atoms with Crippen LogP contribution in [0, 0.1) is 6.92 Å². The van der Waals surface area contributed by atoms with E-state index in [0.717, 1.165) is 0 Å².